The smallest absolute Gasteiger partial charge is 0.323 e. The summed E-state index contributed by atoms with van der Waals surface area (Å²) in [5.41, 5.74) is 2.13. The van der Waals surface area contributed by atoms with Gasteiger partial charge in [-0.2, -0.15) is 5.10 Å². The lowest BCUT2D eigenvalue weighted by molar-refractivity contribution is -0.386. The summed E-state index contributed by atoms with van der Waals surface area (Å²) in [5, 5.41) is 24.6. The van der Waals surface area contributed by atoms with Gasteiger partial charge >= 0.3 is 5.69 Å². The van der Waals surface area contributed by atoms with Crippen molar-refractivity contribution in [3.8, 4) is 23.0 Å². The number of ether oxygens (including phenoxy) is 3. The predicted molar refractivity (Wildman–Crippen MR) is 88.9 cm³/mol. The van der Waals surface area contributed by atoms with Crippen LogP contribution in [-0.2, 0) is 0 Å². The Morgan fingerprint density at radius 2 is 2.12 bits per heavy atom. The van der Waals surface area contributed by atoms with Crippen LogP contribution in [0, 0.1) is 10.1 Å². The fourth-order valence-electron chi connectivity index (χ4n) is 2.33. The third-order valence-electron chi connectivity index (χ3n) is 3.53. The number of nitro benzene ring substituents is 1. The molecule has 2 aromatic carbocycles. The van der Waals surface area contributed by atoms with Crippen molar-refractivity contribution in [2.45, 2.75) is 0 Å². The maximum atomic E-state index is 12.1. The molecule has 3 rings (SSSR count). The van der Waals surface area contributed by atoms with Gasteiger partial charge < -0.3 is 19.3 Å². The average Bonchev–Trinajstić information content (AvgIpc) is 3.09. The lowest BCUT2D eigenvalue weighted by Gasteiger charge is -2.06. The molecule has 0 radical (unpaired) electrons. The first-order chi connectivity index (χ1) is 12.5. The van der Waals surface area contributed by atoms with Crippen molar-refractivity contribution in [1.82, 2.24) is 5.43 Å². The maximum Gasteiger partial charge on any atom is 0.323 e. The van der Waals surface area contributed by atoms with Gasteiger partial charge in [-0.25, -0.2) is 5.43 Å². The zero-order valence-electron chi connectivity index (χ0n) is 13.5. The van der Waals surface area contributed by atoms with E-state index in [2.05, 4.69) is 10.5 Å². The van der Waals surface area contributed by atoms with Crippen LogP contribution in [0.25, 0.3) is 0 Å². The number of methoxy groups -OCH3 is 1. The minimum absolute atomic E-state index is 0.0515. The van der Waals surface area contributed by atoms with E-state index in [4.69, 9.17) is 14.2 Å². The highest BCUT2D eigenvalue weighted by Crippen LogP contribution is 2.38. The first-order valence-corrected chi connectivity index (χ1v) is 7.28. The number of nitrogens with one attached hydrogen (secondary N) is 1. The van der Waals surface area contributed by atoms with Crippen LogP contribution < -0.4 is 19.6 Å². The van der Waals surface area contributed by atoms with Crippen LogP contribution in [-0.4, -0.2) is 36.1 Å². The molecule has 0 unspecified atom stereocenters. The molecule has 2 aromatic rings. The van der Waals surface area contributed by atoms with Crippen molar-refractivity contribution in [2.75, 3.05) is 13.9 Å². The molecule has 10 heteroatoms. The Morgan fingerprint density at radius 1 is 1.35 bits per heavy atom. The third kappa shape index (κ3) is 3.20. The largest absolute Gasteiger partial charge is 0.504 e. The van der Waals surface area contributed by atoms with Crippen LogP contribution in [0.3, 0.4) is 0 Å². The second-order valence-electron chi connectivity index (χ2n) is 5.08. The van der Waals surface area contributed by atoms with E-state index in [0.29, 0.717) is 11.5 Å². The summed E-state index contributed by atoms with van der Waals surface area (Å²) in [4.78, 5) is 22.6. The number of carbonyl (C=O) groups is 1. The molecule has 0 fully saturated rings. The van der Waals surface area contributed by atoms with Gasteiger partial charge in [-0.15, -0.1) is 0 Å². The van der Waals surface area contributed by atoms with E-state index < -0.39 is 16.5 Å². The number of aromatic hydroxyl groups is 1. The normalized spacial score (nSPS) is 12.2. The van der Waals surface area contributed by atoms with Crippen LogP contribution in [0.2, 0.25) is 0 Å². The summed E-state index contributed by atoms with van der Waals surface area (Å²) in [7, 11) is 1.20. The number of phenolic OH excluding ortho intramolecular Hbond substituents is 1. The monoisotopic (exact) mass is 359 g/mol. The second-order valence-corrected chi connectivity index (χ2v) is 5.08. The first-order valence-electron chi connectivity index (χ1n) is 7.28. The maximum absolute atomic E-state index is 12.1. The Labute approximate surface area is 146 Å². The van der Waals surface area contributed by atoms with Gasteiger partial charge in [0.1, 0.15) is 0 Å². The number of amides is 1. The summed E-state index contributed by atoms with van der Waals surface area (Å²) >= 11 is 0. The van der Waals surface area contributed by atoms with Crippen molar-refractivity contribution < 1.29 is 29.0 Å². The molecular formula is C16H13N3O7. The Morgan fingerprint density at radius 3 is 2.85 bits per heavy atom. The van der Waals surface area contributed by atoms with Gasteiger partial charge in [0.25, 0.3) is 5.91 Å². The fourth-order valence-corrected chi connectivity index (χ4v) is 2.33. The summed E-state index contributed by atoms with van der Waals surface area (Å²) < 4.78 is 15.2. The summed E-state index contributed by atoms with van der Waals surface area (Å²) in [5.74, 6) is -0.216. The summed E-state index contributed by atoms with van der Waals surface area (Å²) in [6, 6.07) is 7.14. The van der Waals surface area contributed by atoms with Crippen LogP contribution in [0.4, 0.5) is 5.69 Å². The molecule has 1 heterocycles. The van der Waals surface area contributed by atoms with Crippen molar-refractivity contribution >= 4 is 17.8 Å². The zero-order valence-corrected chi connectivity index (χ0v) is 13.5. The number of hydrogen-bond acceptors (Lipinski definition) is 8. The van der Waals surface area contributed by atoms with Gasteiger partial charge in [0.05, 0.1) is 23.8 Å². The molecule has 2 N–H and O–H groups in total. The van der Waals surface area contributed by atoms with E-state index in [-0.39, 0.29) is 29.4 Å². The minimum atomic E-state index is -0.709. The van der Waals surface area contributed by atoms with Crippen LogP contribution in [0.1, 0.15) is 15.9 Å². The van der Waals surface area contributed by atoms with E-state index in [1.807, 2.05) is 0 Å². The number of phenols is 1. The Hall–Kier alpha value is -3.82. The minimum Gasteiger partial charge on any atom is -0.504 e. The van der Waals surface area contributed by atoms with E-state index >= 15 is 0 Å². The van der Waals surface area contributed by atoms with Crippen molar-refractivity contribution in [1.29, 1.82) is 0 Å². The number of hydrogen-bond donors (Lipinski definition) is 2. The lowest BCUT2D eigenvalue weighted by atomic mass is 10.1. The lowest BCUT2D eigenvalue weighted by Crippen LogP contribution is -2.17. The van der Waals surface area contributed by atoms with Gasteiger partial charge in [0, 0.05) is 5.56 Å². The molecule has 1 amide bonds. The van der Waals surface area contributed by atoms with E-state index in [1.165, 1.54) is 31.4 Å². The quantitative estimate of drug-likeness (QED) is 0.472. The molecular weight excluding hydrogens is 346 g/mol. The highest BCUT2D eigenvalue weighted by atomic mass is 16.7. The molecule has 10 nitrogen and oxygen atoms in total. The van der Waals surface area contributed by atoms with Gasteiger partial charge in [-0.1, -0.05) is 0 Å². The van der Waals surface area contributed by atoms with Crippen LogP contribution in [0.5, 0.6) is 23.0 Å². The molecule has 0 saturated carbocycles. The Bertz CT molecular complexity index is 911. The van der Waals surface area contributed by atoms with Crippen molar-refractivity contribution in [3.63, 3.8) is 0 Å². The van der Waals surface area contributed by atoms with E-state index in [9.17, 15) is 20.0 Å². The van der Waals surface area contributed by atoms with Gasteiger partial charge in [-0.3, -0.25) is 14.9 Å². The number of rotatable bonds is 5. The zero-order chi connectivity index (χ0) is 18.7. The second kappa shape index (κ2) is 6.97. The van der Waals surface area contributed by atoms with Crippen LogP contribution >= 0.6 is 0 Å². The highest BCUT2D eigenvalue weighted by molar-refractivity contribution is 5.96. The topological polar surface area (TPSA) is 133 Å². The van der Waals surface area contributed by atoms with Crippen molar-refractivity contribution in [3.05, 3.63) is 51.6 Å². The van der Waals surface area contributed by atoms with E-state index in [1.54, 1.807) is 6.07 Å². The molecule has 1 aliphatic heterocycles. The van der Waals surface area contributed by atoms with Gasteiger partial charge in [0.2, 0.25) is 12.5 Å². The molecule has 0 aliphatic carbocycles. The average molecular weight is 359 g/mol. The molecule has 0 aromatic heterocycles. The Balaban J connectivity index is 1.78. The van der Waals surface area contributed by atoms with Crippen LogP contribution in [0.15, 0.2) is 35.4 Å². The third-order valence-corrected chi connectivity index (χ3v) is 3.53. The summed E-state index contributed by atoms with van der Waals surface area (Å²) in [6.07, 6.45) is 1.09. The molecule has 0 spiro atoms. The van der Waals surface area contributed by atoms with Gasteiger partial charge in [-0.05, 0) is 30.3 Å². The molecule has 0 saturated heterocycles. The predicted octanol–water partition coefficient (Wildman–Crippen LogP) is 1.80. The molecule has 26 heavy (non-hydrogen) atoms. The number of hydrazone groups is 1. The number of fused-ring (bicyclic) bond motifs is 1. The highest BCUT2D eigenvalue weighted by Gasteiger charge is 2.23. The van der Waals surface area contributed by atoms with Crippen molar-refractivity contribution in [2.24, 2.45) is 5.10 Å². The molecule has 0 bridgehead atoms. The molecule has 134 valence electrons. The van der Waals surface area contributed by atoms with Gasteiger partial charge in [0.15, 0.2) is 17.2 Å². The molecule has 0 atom stereocenters. The number of carbonyl (C=O) groups excluding carboxylic acids is 1. The fraction of sp³-hybridized carbons (Fsp3) is 0.125. The number of nitro groups is 1. The Kier molecular flexibility index (Phi) is 4.56. The van der Waals surface area contributed by atoms with E-state index in [0.717, 1.165) is 6.21 Å². The molecule has 1 aliphatic rings. The SMILES string of the molecule is COc1c(O)ccc(/C=N\NC(=O)c2ccc3c(c2)OCO3)c1[N+](=O)[O-]. The number of nitrogens with zero attached hydrogens (tertiary/aromatic N) is 2. The summed E-state index contributed by atoms with van der Waals surface area (Å²) in [6.45, 7) is 0.0882. The first kappa shape index (κ1) is 17.0. The number of benzene rings is 2. The standard InChI is InChI=1S/C16H13N3O7/c1-24-15-11(20)4-2-10(14(15)19(22)23)7-17-18-16(21)9-3-5-12-13(6-9)26-8-25-12/h2-7,20H,8H2,1H3,(H,18,21)/b17-7-.